The minimum atomic E-state index is -0.412. The van der Waals surface area contributed by atoms with E-state index in [9.17, 15) is 14.0 Å². The van der Waals surface area contributed by atoms with Gasteiger partial charge in [-0.15, -0.1) is 10.2 Å². The number of rotatable bonds is 3. The molecule has 8 heteroatoms. The Bertz CT molecular complexity index is 1150. The maximum absolute atomic E-state index is 12.9. The van der Waals surface area contributed by atoms with E-state index in [4.69, 9.17) is 0 Å². The number of hydrogen-bond acceptors (Lipinski definition) is 4. The Morgan fingerprint density at radius 2 is 1.80 bits per heavy atom. The second-order valence-electron chi connectivity index (χ2n) is 5.46. The number of nitrogens with one attached hydrogen (secondary N) is 1. The SMILES string of the molecule is O=C(Cn1c(=O)c2nncn2c2ccccc21)Nc1ccc(F)cc1. The summed E-state index contributed by atoms with van der Waals surface area (Å²) in [6.45, 7) is -0.194. The van der Waals surface area contributed by atoms with E-state index in [1.54, 1.807) is 16.5 Å². The highest BCUT2D eigenvalue weighted by Crippen LogP contribution is 2.14. The Morgan fingerprint density at radius 3 is 2.56 bits per heavy atom. The van der Waals surface area contributed by atoms with Gasteiger partial charge >= 0.3 is 0 Å². The van der Waals surface area contributed by atoms with Crippen LogP contribution in [0.5, 0.6) is 0 Å². The molecule has 0 aliphatic carbocycles. The maximum atomic E-state index is 12.9. The Labute approximate surface area is 140 Å². The summed E-state index contributed by atoms with van der Waals surface area (Å²) in [7, 11) is 0. The van der Waals surface area contributed by atoms with Crippen LogP contribution >= 0.6 is 0 Å². The topological polar surface area (TPSA) is 81.3 Å². The summed E-state index contributed by atoms with van der Waals surface area (Å²) >= 11 is 0. The summed E-state index contributed by atoms with van der Waals surface area (Å²) in [4.78, 5) is 25.0. The Balaban J connectivity index is 1.75. The molecule has 0 saturated carbocycles. The van der Waals surface area contributed by atoms with E-state index in [0.717, 1.165) is 5.52 Å². The van der Waals surface area contributed by atoms with Crippen molar-refractivity contribution in [3.63, 3.8) is 0 Å². The second kappa shape index (κ2) is 5.82. The fourth-order valence-electron chi connectivity index (χ4n) is 2.72. The summed E-state index contributed by atoms with van der Waals surface area (Å²) in [6.07, 6.45) is 1.46. The zero-order valence-corrected chi connectivity index (χ0v) is 12.9. The molecule has 1 amide bonds. The molecule has 2 aromatic carbocycles. The van der Waals surface area contributed by atoms with Crippen molar-refractivity contribution in [2.24, 2.45) is 0 Å². The highest BCUT2D eigenvalue weighted by atomic mass is 19.1. The molecule has 0 aliphatic rings. The molecule has 0 atom stereocenters. The number of benzene rings is 2. The van der Waals surface area contributed by atoms with Gasteiger partial charge in [0, 0.05) is 5.69 Å². The molecule has 0 saturated heterocycles. The molecule has 0 radical (unpaired) electrons. The number of para-hydroxylation sites is 2. The van der Waals surface area contributed by atoms with Crippen LogP contribution < -0.4 is 10.9 Å². The lowest BCUT2D eigenvalue weighted by Gasteiger charge is -2.11. The number of fused-ring (bicyclic) bond motifs is 3. The molecule has 0 aliphatic heterocycles. The van der Waals surface area contributed by atoms with E-state index in [2.05, 4.69) is 15.5 Å². The van der Waals surface area contributed by atoms with E-state index in [1.165, 1.54) is 35.2 Å². The fourth-order valence-corrected chi connectivity index (χ4v) is 2.72. The molecule has 0 fully saturated rings. The van der Waals surface area contributed by atoms with E-state index in [1.807, 2.05) is 12.1 Å². The average Bonchev–Trinajstić information content (AvgIpc) is 3.11. The van der Waals surface area contributed by atoms with Gasteiger partial charge in [-0.05, 0) is 36.4 Å². The van der Waals surface area contributed by atoms with Crippen LogP contribution in [0.4, 0.5) is 10.1 Å². The third kappa shape index (κ3) is 2.63. The van der Waals surface area contributed by atoms with Gasteiger partial charge in [0.15, 0.2) is 0 Å². The smallest absolute Gasteiger partial charge is 0.297 e. The second-order valence-corrected chi connectivity index (χ2v) is 5.46. The quantitative estimate of drug-likeness (QED) is 0.618. The van der Waals surface area contributed by atoms with Crippen molar-refractivity contribution in [3.05, 3.63) is 71.0 Å². The first-order valence-corrected chi connectivity index (χ1v) is 7.50. The summed E-state index contributed by atoms with van der Waals surface area (Å²) in [5, 5.41) is 10.3. The molecule has 4 rings (SSSR count). The summed E-state index contributed by atoms with van der Waals surface area (Å²) in [5.41, 5.74) is 1.50. The van der Waals surface area contributed by atoms with Crippen LogP contribution in [-0.2, 0) is 11.3 Å². The average molecular weight is 337 g/mol. The van der Waals surface area contributed by atoms with E-state index in [0.29, 0.717) is 11.2 Å². The van der Waals surface area contributed by atoms with Crippen molar-refractivity contribution < 1.29 is 9.18 Å². The van der Waals surface area contributed by atoms with Crippen LogP contribution in [-0.4, -0.2) is 25.1 Å². The number of halogens is 1. The minimum Gasteiger partial charge on any atom is -0.325 e. The Kier molecular flexibility index (Phi) is 3.50. The normalized spacial score (nSPS) is 11.1. The van der Waals surface area contributed by atoms with Crippen molar-refractivity contribution in [1.82, 2.24) is 19.2 Å². The molecule has 0 unspecified atom stereocenters. The number of carbonyl (C=O) groups excluding carboxylic acids is 1. The number of carbonyl (C=O) groups is 1. The van der Waals surface area contributed by atoms with Crippen LogP contribution in [0.25, 0.3) is 16.7 Å². The van der Waals surface area contributed by atoms with Crippen molar-refractivity contribution >= 4 is 28.3 Å². The third-order valence-electron chi connectivity index (χ3n) is 3.85. The van der Waals surface area contributed by atoms with Gasteiger partial charge in [0.25, 0.3) is 5.56 Å². The fraction of sp³-hybridized carbons (Fsp3) is 0.0588. The molecule has 7 nitrogen and oxygen atoms in total. The van der Waals surface area contributed by atoms with Gasteiger partial charge in [0.2, 0.25) is 11.6 Å². The van der Waals surface area contributed by atoms with Crippen LogP contribution in [0.15, 0.2) is 59.7 Å². The standard InChI is InChI=1S/C17H12FN5O2/c18-11-5-7-12(8-6-11)20-15(24)9-22-13-3-1-2-4-14(13)23-10-19-21-16(23)17(22)25/h1-8,10H,9H2,(H,20,24). The lowest BCUT2D eigenvalue weighted by atomic mass is 10.2. The van der Waals surface area contributed by atoms with Crippen molar-refractivity contribution in [2.45, 2.75) is 6.54 Å². The highest BCUT2D eigenvalue weighted by Gasteiger charge is 2.14. The van der Waals surface area contributed by atoms with Crippen LogP contribution in [0.3, 0.4) is 0 Å². The van der Waals surface area contributed by atoms with E-state index < -0.39 is 17.3 Å². The molecule has 1 N–H and O–H groups in total. The summed E-state index contributed by atoms with van der Waals surface area (Å²) in [6, 6.07) is 12.6. The third-order valence-corrected chi connectivity index (χ3v) is 3.85. The van der Waals surface area contributed by atoms with E-state index in [-0.39, 0.29) is 12.2 Å². The largest absolute Gasteiger partial charge is 0.325 e. The van der Waals surface area contributed by atoms with Gasteiger partial charge in [0.1, 0.15) is 18.7 Å². The van der Waals surface area contributed by atoms with Crippen molar-refractivity contribution in [2.75, 3.05) is 5.32 Å². The number of hydrogen-bond donors (Lipinski definition) is 1. The first-order chi connectivity index (χ1) is 12.1. The lowest BCUT2D eigenvalue weighted by Crippen LogP contribution is -2.29. The van der Waals surface area contributed by atoms with Gasteiger partial charge in [-0.1, -0.05) is 12.1 Å². The number of nitrogens with zero attached hydrogens (tertiary/aromatic N) is 4. The van der Waals surface area contributed by atoms with Gasteiger partial charge in [-0.25, -0.2) is 4.39 Å². The molecular weight excluding hydrogens is 325 g/mol. The zero-order chi connectivity index (χ0) is 17.4. The van der Waals surface area contributed by atoms with Gasteiger partial charge in [-0.2, -0.15) is 0 Å². The molecule has 4 aromatic rings. The summed E-state index contributed by atoms with van der Waals surface area (Å²) in [5.74, 6) is -0.791. The Morgan fingerprint density at radius 1 is 1.08 bits per heavy atom. The lowest BCUT2D eigenvalue weighted by molar-refractivity contribution is -0.116. The molecule has 0 bridgehead atoms. The van der Waals surface area contributed by atoms with Crippen molar-refractivity contribution in [3.8, 4) is 0 Å². The van der Waals surface area contributed by atoms with Gasteiger partial charge in [-0.3, -0.25) is 18.6 Å². The first-order valence-electron chi connectivity index (χ1n) is 7.50. The number of anilines is 1. The zero-order valence-electron chi connectivity index (χ0n) is 12.9. The first kappa shape index (κ1) is 15.0. The monoisotopic (exact) mass is 337 g/mol. The van der Waals surface area contributed by atoms with E-state index >= 15 is 0 Å². The Hall–Kier alpha value is -3.55. The molecule has 2 aromatic heterocycles. The number of amides is 1. The highest BCUT2D eigenvalue weighted by molar-refractivity contribution is 5.91. The van der Waals surface area contributed by atoms with Gasteiger partial charge < -0.3 is 5.32 Å². The number of aromatic nitrogens is 4. The molecule has 0 spiro atoms. The molecule has 25 heavy (non-hydrogen) atoms. The predicted molar refractivity (Wildman–Crippen MR) is 89.8 cm³/mol. The van der Waals surface area contributed by atoms with Crippen LogP contribution in [0, 0.1) is 5.82 Å². The minimum absolute atomic E-state index is 0.147. The molecule has 124 valence electrons. The molecule has 2 heterocycles. The predicted octanol–water partition coefficient (Wildman–Crippen LogP) is 1.82. The van der Waals surface area contributed by atoms with Gasteiger partial charge in [0.05, 0.1) is 11.0 Å². The summed E-state index contributed by atoms with van der Waals surface area (Å²) < 4.78 is 15.9. The maximum Gasteiger partial charge on any atom is 0.297 e. The van der Waals surface area contributed by atoms with Crippen LogP contribution in [0.1, 0.15) is 0 Å². The van der Waals surface area contributed by atoms with Crippen molar-refractivity contribution in [1.29, 1.82) is 0 Å². The molecular formula is C17H12FN5O2. The van der Waals surface area contributed by atoms with Crippen LogP contribution in [0.2, 0.25) is 0 Å².